The number of aryl methyl sites for hydroxylation is 1. The van der Waals surface area contributed by atoms with Crippen molar-refractivity contribution in [2.24, 2.45) is 7.05 Å². The highest BCUT2D eigenvalue weighted by molar-refractivity contribution is 5.48. The maximum Gasteiger partial charge on any atom is 0.387 e. The molecule has 1 heterocycles. The van der Waals surface area contributed by atoms with E-state index in [1.54, 1.807) is 29.8 Å². The van der Waals surface area contributed by atoms with Crippen LogP contribution in [0.4, 0.5) is 14.5 Å². The quantitative estimate of drug-likeness (QED) is 0.913. The predicted molar refractivity (Wildman–Crippen MR) is 70.5 cm³/mol. The van der Waals surface area contributed by atoms with Crippen molar-refractivity contribution in [3.05, 3.63) is 47.8 Å². The van der Waals surface area contributed by atoms with Crippen LogP contribution in [0.5, 0.6) is 5.75 Å². The Morgan fingerprint density at radius 2 is 2.20 bits per heavy atom. The SMILES string of the molecule is Cn1cc(CNc2cccc(OC(F)F)c2)cc1C#N. The zero-order valence-electron chi connectivity index (χ0n) is 10.8. The average molecular weight is 277 g/mol. The molecule has 0 spiro atoms. The van der Waals surface area contributed by atoms with Crippen molar-refractivity contribution in [1.29, 1.82) is 5.26 Å². The lowest BCUT2D eigenvalue weighted by Crippen LogP contribution is -2.03. The highest BCUT2D eigenvalue weighted by Gasteiger charge is 2.05. The fraction of sp³-hybridized carbons (Fsp3) is 0.214. The Hall–Kier alpha value is -2.55. The molecule has 4 nitrogen and oxygen atoms in total. The molecule has 1 aromatic carbocycles. The van der Waals surface area contributed by atoms with Gasteiger partial charge in [-0.15, -0.1) is 0 Å². The van der Waals surface area contributed by atoms with E-state index >= 15 is 0 Å². The monoisotopic (exact) mass is 277 g/mol. The smallest absolute Gasteiger partial charge is 0.387 e. The van der Waals surface area contributed by atoms with E-state index in [1.807, 2.05) is 6.20 Å². The number of alkyl halides is 2. The van der Waals surface area contributed by atoms with Crippen LogP contribution in [0.1, 0.15) is 11.3 Å². The number of rotatable bonds is 5. The van der Waals surface area contributed by atoms with E-state index in [1.165, 1.54) is 12.1 Å². The molecular weight excluding hydrogens is 264 g/mol. The molecule has 1 N–H and O–H groups in total. The molecule has 0 amide bonds. The number of halogens is 2. The lowest BCUT2D eigenvalue weighted by Gasteiger charge is -2.08. The lowest BCUT2D eigenvalue weighted by atomic mass is 10.2. The van der Waals surface area contributed by atoms with E-state index in [2.05, 4.69) is 16.1 Å². The number of hydrogen-bond donors (Lipinski definition) is 1. The van der Waals surface area contributed by atoms with Crippen molar-refractivity contribution >= 4 is 5.69 Å². The van der Waals surface area contributed by atoms with Gasteiger partial charge in [0.2, 0.25) is 0 Å². The first-order valence-corrected chi connectivity index (χ1v) is 5.92. The van der Waals surface area contributed by atoms with Gasteiger partial charge >= 0.3 is 6.61 Å². The third kappa shape index (κ3) is 3.48. The van der Waals surface area contributed by atoms with Crippen LogP contribution < -0.4 is 10.1 Å². The molecule has 0 unspecified atom stereocenters. The number of aromatic nitrogens is 1. The highest BCUT2D eigenvalue weighted by atomic mass is 19.3. The molecule has 6 heteroatoms. The third-order valence-corrected chi connectivity index (χ3v) is 2.73. The Kier molecular flexibility index (Phi) is 4.20. The van der Waals surface area contributed by atoms with Gasteiger partial charge in [-0.2, -0.15) is 14.0 Å². The predicted octanol–water partition coefficient (Wildman–Crippen LogP) is 3.11. The zero-order valence-corrected chi connectivity index (χ0v) is 10.8. The largest absolute Gasteiger partial charge is 0.435 e. The maximum absolute atomic E-state index is 12.1. The second-order valence-electron chi connectivity index (χ2n) is 4.22. The Labute approximate surface area is 115 Å². The molecule has 0 aliphatic carbocycles. The zero-order chi connectivity index (χ0) is 14.5. The molecule has 0 aliphatic rings. The van der Waals surface area contributed by atoms with Crippen LogP contribution in [0.15, 0.2) is 36.5 Å². The summed E-state index contributed by atoms with van der Waals surface area (Å²) >= 11 is 0. The second kappa shape index (κ2) is 6.06. The topological polar surface area (TPSA) is 50.0 Å². The average Bonchev–Trinajstić information content (AvgIpc) is 2.76. The van der Waals surface area contributed by atoms with Crippen LogP contribution in [-0.2, 0) is 13.6 Å². The molecule has 0 saturated carbocycles. The Balaban J connectivity index is 2.01. The molecule has 0 fully saturated rings. The van der Waals surface area contributed by atoms with E-state index in [0.29, 0.717) is 17.9 Å². The van der Waals surface area contributed by atoms with Gasteiger partial charge in [0.1, 0.15) is 17.5 Å². The van der Waals surface area contributed by atoms with Gasteiger partial charge in [-0.3, -0.25) is 0 Å². The number of benzene rings is 1. The van der Waals surface area contributed by atoms with E-state index in [9.17, 15) is 8.78 Å². The summed E-state index contributed by atoms with van der Waals surface area (Å²) < 4.78 is 30.3. The Bertz CT molecular complexity index is 632. The molecule has 104 valence electrons. The Morgan fingerprint density at radius 1 is 1.40 bits per heavy atom. The van der Waals surface area contributed by atoms with E-state index in [-0.39, 0.29) is 5.75 Å². The van der Waals surface area contributed by atoms with Crippen LogP contribution in [-0.4, -0.2) is 11.2 Å². The van der Waals surface area contributed by atoms with E-state index < -0.39 is 6.61 Å². The van der Waals surface area contributed by atoms with Gasteiger partial charge in [-0.25, -0.2) is 0 Å². The summed E-state index contributed by atoms with van der Waals surface area (Å²) in [4.78, 5) is 0. The Morgan fingerprint density at radius 3 is 2.85 bits per heavy atom. The van der Waals surface area contributed by atoms with Gasteiger partial charge in [0.15, 0.2) is 0 Å². The molecule has 20 heavy (non-hydrogen) atoms. The fourth-order valence-corrected chi connectivity index (χ4v) is 1.83. The van der Waals surface area contributed by atoms with Gasteiger partial charge in [0.25, 0.3) is 0 Å². The number of nitriles is 1. The summed E-state index contributed by atoms with van der Waals surface area (Å²) in [5.41, 5.74) is 2.17. The maximum atomic E-state index is 12.1. The van der Waals surface area contributed by atoms with Crippen LogP contribution in [0, 0.1) is 11.3 Å². The number of anilines is 1. The summed E-state index contributed by atoms with van der Waals surface area (Å²) in [7, 11) is 1.79. The standard InChI is InChI=1S/C14H13F2N3O/c1-19-9-10(5-12(19)7-17)8-18-11-3-2-4-13(6-11)20-14(15)16/h2-6,9,14,18H,8H2,1H3. The van der Waals surface area contributed by atoms with Crippen molar-refractivity contribution in [2.45, 2.75) is 13.2 Å². The summed E-state index contributed by atoms with van der Waals surface area (Å²) in [5.74, 6) is 0.107. The number of hydrogen-bond acceptors (Lipinski definition) is 3. The van der Waals surface area contributed by atoms with Crippen molar-refractivity contribution in [3.63, 3.8) is 0 Å². The van der Waals surface area contributed by atoms with E-state index in [4.69, 9.17) is 5.26 Å². The van der Waals surface area contributed by atoms with Crippen LogP contribution in [0.2, 0.25) is 0 Å². The molecule has 0 aliphatic heterocycles. The van der Waals surface area contributed by atoms with Gasteiger partial charge in [0, 0.05) is 31.5 Å². The van der Waals surface area contributed by atoms with Crippen LogP contribution in [0.25, 0.3) is 0 Å². The molecule has 1 aromatic heterocycles. The minimum absolute atomic E-state index is 0.107. The number of ether oxygens (including phenoxy) is 1. The van der Waals surface area contributed by atoms with Crippen LogP contribution in [0.3, 0.4) is 0 Å². The molecule has 0 atom stereocenters. The molecule has 2 aromatic rings. The van der Waals surface area contributed by atoms with Crippen molar-refractivity contribution < 1.29 is 13.5 Å². The third-order valence-electron chi connectivity index (χ3n) is 2.73. The number of nitrogens with one attached hydrogen (secondary N) is 1. The van der Waals surface area contributed by atoms with E-state index in [0.717, 1.165) is 5.56 Å². The van der Waals surface area contributed by atoms with Crippen molar-refractivity contribution in [2.75, 3.05) is 5.32 Å². The minimum Gasteiger partial charge on any atom is -0.435 e. The first-order valence-electron chi connectivity index (χ1n) is 5.92. The summed E-state index contributed by atoms with van der Waals surface area (Å²) in [6.45, 7) is -2.34. The van der Waals surface area contributed by atoms with Gasteiger partial charge in [-0.05, 0) is 23.8 Å². The fourth-order valence-electron chi connectivity index (χ4n) is 1.83. The lowest BCUT2D eigenvalue weighted by molar-refractivity contribution is -0.0498. The summed E-state index contributed by atoms with van der Waals surface area (Å²) in [5, 5.41) is 12.0. The molecule has 2 rings (SSSR count). The van der Waals surface area contributed by atoms with Crippen molar-refractivity contribution in [3.8, 4) is 11.8 Å². The minimum atomic E-state index is -2.84. The molecule has 0 saturated heterocycles. The summed E-state index contributed by atoms with van der Waals surface area (Å²) in [6.07, 6.45) is 1.84. The normalized spacial score (nSPS) is 10.3. The molecule has 0 bridgehead atoms. The first kappa shape index (κ1) is 13.9. The number of nitrogens with zero attached hydrogens (tertiary/aromatic N) is 2. The van der Waals surface area contributed by atoms with Gasteiger partial charge in [-0.1, -0.05) is 6.07 Å². The molecule has 0 radical (unpaired) electrons. The first-order chi connectivity index (χ1) is 9.58. The molecular formula is C14H13F2N3O. The second-order valence-corrected chi connectivity index (χ2v) is 4.22. The van der Waals surface area contributed by atoms with Crippen LogP contribution >= 0.6 is 0 Å². The van der Waals surface area contributed by atoms with Gasteiger partial charge < -0.3 is 14.6 Å². The van der Waals surface area contributed by atoms with Gasteiger partial charge in [0.05, 0.1) is 0 Å². The van der Waals surface area contributed by atoms with Crippen molar-refractivity contribution in [1.82, 2.24) is 4.57 Å². The highest BCUT2D eigenvalue weighted by Crippen LogP contribution is 2.20. The summed E-state index contributed by atoms with van der Waals surface area (Å²) in [6, 6.07) is 10.2.